The van der Waals surface area contributed by atoms with Gasteiger partial charge in [0, 0.05) is 0 Å². The van der Waals surface area contributed by atoms with Crippen LogP contribution in [0.3, 0.4) is 0 Å². The molecule has 5 nitrogen and oxygen atoms in total. The summed E-state index contributed by atoms with van der Waals surface area (Å²) in [6.07, 6.45) is 1.46. The quantitative estimate of drug-likeness (QED) is 0.645. The van der Waals surface area contributed by atoms with Gasteiger partial charge >= 0.3 is 0 Å². The summed E-state index contributed by atoms with van der Waals surface area (Å²) in [5.74, 6) is 0. The number of benzene rings is 1. The van der Waals surface area contributed by atoms with Gasteiger partial charge in [0.05, 0.1) is 31.0 Å². The Hall–Kier alpha value is -1.95. The van der Waals surface area contributed by atoms with Gasteiger partial charge in [0.2, 0.25) is 0 Å². The average molecular weight is 364 g/mol. The van der Waals surface area contributed by atoms with Crippen LogP contribution in [0, 0.1) is 0 Å². The van der Waals surface area contributed by atoms with Crippen molar-refractivity contribution < 1.29 is 4.74 Å². The Labute approximate surface area is 148 Å². The van der Waals surface area contributed by atoms with Crippen molar-refractivity contribution >= 4 is 34.1 Å². The maximum absolute atomic E-state index is 12.6. The predicted molar refractivity (Wildman–Crippen MR) is 94.6 cm³/mol. The van der Waals surface area contributed by atoms with Gasteiger partial charge in [0.15, 0.2) is 5.15 Å². The van der Waals surface area contributed by atoms with E-state index in [1.165, 1.54) is 17.0 Å². The van der Waals surface area contributed by atoms with Crippen LogP contribution in [0.5, 0.6) is 0 Å². The molecule has 0 spiro atoms. The number of nitrogens with zero attached hydrogens (tertiary/aromatic N) is 3. The van der Waals surface area contributed by atoms with Gasteiger partial charge in [-0.1, -0.05) is 53.5 Å². The molecule has 0 aliphatic carbocycles. The zero-order valence-corrected chi connectivity index (χ0v) is 14.5. The third-order valence-corrected chi connectivity index (χ3v) is 4.10. The molecule has 3 rings (SSSR count). The molecule has 2 heterocycles. The molecular formula is C17H15Cl2N3O2. The minimum absolute atomic E-state index is 0.120. The lowest BCUT2D eigenvalue weighted by atomic mass is 10.2. The monoisotopic (exact) mass is 363 g/mol. The lowest BCUT2D eigenvalue weighted by molar-refractivity contribution is 0.0937. The Morgan fingerprint density at radius 2 is 2.00 bits per heavy atom. The van der Waals surface area contributed by atoms with Crippen molar-refractivity contribution in [3.63, 3.8) is 0 Å². The lowest BCUT2D eigenvalue weighted by Crippen LogP contribution is -2.26. The second-order valence-corrected chi connectivity index (χ2v) is 6.18. The highest BCUT2D eigenvalue weighted by molar-refractivity contribution is 6.36. The molecule has 0 saturated heterocycles. The first-order valence-electron chi connectivity index (χ1n) is 7.41. The minimum atomic E-state index is -0.220. The van der Waals surface area contributed by atoms with Crippen molar-refractivity contribution in [3.8, 4) is 0 Å². The topological polar surface area (TPSA) is 57.0 Å². The Morgan fingerprint density at radius 1 is 1.25 bits per heavy atom. The maximum atomic E-state index is 12.6. The van der Waals surface area contributed by atoms with Crippen LogP contribution in [0.4, 0.5) is 0 Å². The Morgan fingerprint density at radius 3 is 2.75 bits per heavy atom. The number of pyridine rings is 1. The van der Waals surface area contributed by atoms with E-state index in [4.69, 9.17) is 27.9 Å². The number of halogens is 2. The molecule has 0 N–H and O–H groups in total. The van der Waals surface area contributed by atoms with Crippen LogP contribution >= 0.6 is 23.2 Å². The van der Waals surface area contributed by atoms with Crippen molar-refractivity contribution in [2.45, 2.75) is 19.6 Å². The molecule has 0 radical (unpaired) electrons. The number of hydrogen-bond donors (Lipinski definition) is 0. The molecule has 7 heteroatoms. The predicted octanol–water partition coefficient (Wildman–Crippen LogP) is 3.88. The van der Waals surface area contributed by atoms with Crippen LogP contribution in [0.15, 0.2) is 47.5 Å². The first-order chi connectivity index (χ1) is 11.6. The number of fused-ring (bicyclic) bond motifs is 1. The molecule has 3 aromatic rings. The minimum Gasteiger partial charge on any atom is -0.375 e. The number of rotatable bonds is 5. The molecule has 124 valence electrons. The average Bonchev–Trinajstić information content (AvgIpc) is 2.56. The Bertz CT molecular complexity index is 913. The number of hydrogen-bond acceptors (Lipinski definition) is 4. The lowest BCUT2D eigenvalue weighted by Gasteiger charge is -2.15. The normalized spacial score (nSPS) is 12.5. The van der Waals surface area contributed by atoms with Crippen molar-refractivity contribution in [1.82, 2.24) is 14.5 Å². The number of ether oxygens (including phenoxy) is 1. The van der Waals surface area contributed by atoms with Crippen LogP contribution in [0.1, 0.15) is 18.5 Å². The molecule has 2 aromatic heterocycles. The molecule has 1 aromatic carbocycles. The zero-order chi connectivity index (χ0) is 17.1. The molecular weight excluding hydrogens is 349 g/mol. The van der Waals surface area contributed by atoms with E-state index in [0.29, 0.717) is 24.1 Å². The first kappa shape index (κ1) is 16.9. The van der Waals surface area contributed by atoms with Crippen LogP contribution in [0.25, 0.3) is 10.9 Å². The molecule has 0 saturated carbocycles. The van der Waals surface area contributed by atoms with E-state index < -0.39 is 0 Å². The third-order valence-electron chi connectivity index (χ3n) is 3.64. The molecule has 0 amide bonds. The Balaban J connectivity index is 1.79. The largest absolute Gasteiger partial charge is 0.375 e. The first-order valence-corrected chi connectivity index (χ1v) is 8.16. The fraction of sp³-hybridized carbons (Fsp3) is 0.235. The summed E-state index contributed by atoms with van der Waals surface area (Å²) in [6.45, 7) is 2.77. The smallest absolute Gasteiger partial charge is 0.261 e. The van der Waals surface area contributed by atoms with Gasteiger partial charge in [-0.05, 0) is 18.6 Å². The molecule has 24 heavy (non-hydrogen) atoms. The van der Waals surface area contributed by atoms with Crippen LogP contribution < -0.4 is 5.56 Å². The van der Waals surface area contributed by atoms with Crippen molar-refractivity contribution in [1.29, 1.82) is 0 Å². The highest BCUT2D eigenvalue weighted by atomic mass is 35.5. The van der Waals surface area contributed by atoms with Gasteiger partial charge in [-0.3, -0.25) is 9.36 Å². The van der Waals surface area contributed by atoms with E-state index in [0.717, 1.165) is 5.56 Å². The second kappa shape index (κ2) is 7.30. The van der Waals surface area contributed by atoms with Crippen LogP contribution in [0.2, 0.25) is 10.3 Å². The van der Waals surface area contributed by atoms with Crippen molar-refractivity contribution in [3.05, 3.63) is 68.9 Å². The molecule has 0 bridgehead atoms. The maximum Gasteiger partial charge on any atom is 0.261 e. The Kier molecular flexibility index (Phi) is 5.14. The molecule has 1 unspecified atom stereocenters. The fourth-order valence-electron chi connectivity index (χ4n) is 2.39. The highest BCUT2D eigenvalue weighted by Gasteiger charge is 2.13. The standard InChI is InChI=1S/C17H15Cl2N3O2/c1-11(8-24-9-12-5-3-2-4-6-12)22-10-20-15-13(17(22)23)7-14(18)21-16(15)19/h2-7,10-11H,8-9H2,1H3. The summed E-state index contributed by atoms with van der Waals surface area (Å²) in [6, 6.07) is 11.2. The van der Waals surface area contributed by atoms with Gasteiger partial charge in [0.1, 0.15) is 10.7 Å². The summed E-state index contributed by atoms with van der Waals surface area (Å²) >= 11 is 11.9. The van der Waals surface area contributed by atoms with Crippen LogP contribution in [-0.2, 0) is 11.3 Å². The zero-order valence-electron chi connectivity index (χ0n) is 12.9. The van der Waals surface area contributed by atoms with Gasteiger partial charge in [-0.15, -0.1) is 0 Å². The summed E-state index contributed by atoms with van der Waals surface area (Å²) in [5, 5.41) is 0.629. The summed E-state index contributed by atoms with van der Waals surface area (Å²) in [4.78, 5) is 20.8. The van der Waals surface area contributed by atoms with Gasteiger partial charge in [-0.2, -0.15) is 0 Å². The van der Waals surface area contributed by atoms with Crippen LogP contribution in [-0.4, -0.2) is 21.1 Å². The third kappa shape index (κ3) is 3.59. The van der Waals surface area contributed by atoms with Gasteiger partial charge < -0.3 is 4.74 Å². The number of aromatic nitrogens is 3. The summed E-state index contributed by atoms with van der Waals surface area (Å²) < 4.78 is 7.21. The van der Waals surface area contributed by atoms with E-state index in [1.54, 1.807) is 0 Å². The SMILES string of the molecule is CC(COCc1ccccc1)n1cnc2c(Cl)nc(Cl)cc2c1=O. The second-order valence-electron chi connectivity index (χ2n) is 5.44. The summed E-state index contributed by atoms with van der Waals surface area (Å²) in [5.41, 5.74) is 1.21. The van der Waals surface area contributed by atoms with E-state index in [9.17, 15) is 4.79 Å². The highest BCUT2D eigenvalue weighted by Crippen LogP contribution is 2.20. The molecule has 0 fully saturated rings. The van der Waals surface area contributed by atoms with Crippen molar-refractivity contribution in [2.75, 3.05) is 6.61 Å². The van der Waals surface area contributed by atoms with Gasteiger partial charge in [-0.25, -0.2) is 9.97 Å². The molecule has 1 atom stereocenters. The van der Waals surface area contributed by atoms with E-state index >= 15 is 0 Å². The van der Waals surface area contributed by atoms with Crippen molar-refractivity contribution in [2.24, 2.45) is 0 Å². The fourth-order valence-corrected chi connectivity index (χ4v) is 2.87. The summed E-state index contributed by atoms with van der Waals surface area (Å²) in [7, 11) is 0. The van der Waals surface area contributed by atoms with E-state index in [2.05, 4.69) is 9.97 Å². The molecule has 0 aliphatic rings. The molecule has 0 aliphatic heterocycles. The van der Waals surface area contributed by atoms with E-state index in [1.807, 2.05) is 37.3 Å². The van der Waals surface area contributed by atoms with Gasteiger partial charge in [0.25, 0.3) is 5.56 Å². The van der Waals surface area contributed by atoms with E-state index in [-0.39, 0.29) is 21.9 Å².